The highest BCUT2D eigenvalue weighted by Gasteiger charge is 2.01. The zero-order chi connectivity index (χ0) is 14.6. The number of esters is 1. The zero-order valence-electron chi connectivity index (χ0n) is 11.6. The Bertz CT molecular complexity index is 453. The molecule has 2 aromatic rings. The van der Waals surface area contributed by atoms with Gasteiger partial charge in [0.05, 0.1) is 6.61 Å². The van der Waals surface area contributed by atoms with E-state index in [0.29, 0.717) is 13.0 Å². The molecule has 0 bridgehead atoms. The average Bonchev–Trinajstić information content (AvgIpc) is 2.49. The molecule has 0 spiro atoms. The maximum atomic E-state index is 11.1. The maximum absolute atomic E-state index is 11.1. The van der Waals surface area contributed by atoms with Crippen molar-refractivity contribution in [3.8, 4) is 0 Å². The third-order valence-electron chi connectivity index (χ3n) is 2.50. The van der Waals surface area contributed by atoms with E-state index in [1.165, 1.54) is 0 Å². The molecular weight excluding hydrogens is 316 g/mol. The summed E-state index contributed by atoms with van der Waals surface area (Å²) >= 11 is 3.36. The summed E-state index contributed by atoms with van der Waals surface area (Å²) in [5.74, 6) is -0.129. The number of aryl methyl sites for hydroxylation is 1. The minimum absolute atomic E-state index is 0.129. The van der Waals surface area contributed by atoms with Gasteiger partial charge in [-0.1, -0.05) is 64.5 Å². The first kappa shape index (κ1) is 16.4. The summed E-state index contributed by atoms with van der Waals surface area (Å²) in [6.45, 7) is 2.27. The fourth-order valence-electron chi connectivity index (χ4n) is 1.52. The summed E-state index contributed by atoms with van der Waals surface area (Å²) in [5, 5.41) is 0. The van der Waals surface area contributed by atoms with E-state index in [0.717, 1.165) is 16.5 Å². The van der Waals surface area contributed by atoms with Crippen LogP contribution in [0, 0.1) is 0 Å². The van der Waals surface area contributed by atoms with Crippen LogP contribution in [0.25, 0.3) is 0 Å². The molecule has 3 heteroatoms. The van der Waals surface area contributed by atoms with Crippen LogP contribution in [0.1, 0.15) is 18.9 Å². The predicted molar refractivity (Wildman–Crippen MR) is 85.5 cm³/mol. The Hall–Kier alpha value is -1.61. The molecule has 0 N–H and O–H groups in total. The fourth-order valence-corrected chi connectivity index (χ4v) is 1.78. The van der Waals surface area contributed by atoms with E-state index in [1.54, 1.807) is 0 Å². The lowest BCUT2D eigenvalue weighted by atomic mass is 10.1. The summed E-state index contributed by atoms with van der Waals surface area (Å²) in [5.41, 5.74) is 1.15. The topological polar surface area (TPSA) is 26.3 Å². The molecule has 0 fully saturated rings. The summed E-state index contributed by atoms with van der Waals surface area (Å²) in [6, 6.07) is 20.0. The fraction of sp³-hybridized carbons (Fsp3) is 0.235. The SMILES string of the molecule is CCOC(=O)CCc1ccc(Br)cc1.c1ccccc1. The number of carbonyl (C=O) groups excluding carboxylic acids is 1. The Morgan fingerprint density at radius 2 is 1.50 bits per heavy atom. The van der Waals surface area contributed by atoms with E-state index in [1.807, 2.05) is 67.6 Å². The highest BCUT2D eigenvalue weighted by atomic mass is 79.9. The Labute approximate surface area is 128 Å². The van der Waals surface area contributed by atoms with Crippen molar-refractivity contribution in [3.63, 3.8) is 0 Å². The minimum Gasteiger partial charge on any atom is -0.466 e. The van der Waals surface area contributed by atoms with Crippen molar-refractivity contribution in [1.29, 1.82) is 0 Å². The lowest BCUT2D eigenvalue weighted by Crippen LogP contribution is -2.04. The van der Waals surface area contributed by atoms with Gasteiger partial charge in [0.2, 0.25) is 0 Å². The van der Waals surface area contributed by atoms with E-state index >= 15 is 0 Å². The first-order valence-corrected chi connectivity index (χ1v) is 7.41. The van der Waals surface area contributed by atoms with Crippen LogP contribution in [0.5, 0.6) is 0 Å². The highest BCUT2D eigenvalue weighted by Crippen LogP contribution is 2.11. The van der Waals surface area contributed by atoms with Gasteiger partial charge in [-0.3, -0.25) is 4.79 Å². The van der Waals surface area contributed by atoms with Crippen molar-refractivity contribution in [2.45, 2.75) is 19.8 Å². The normalized spacial score (nSPS) is 9.30. The largest absolute Gasteiger partial charge is 0.466 e. The van der Waals surface area contributed by atoms with Crippen LogP contribution in [0.4, 0.5) is 0 Å². The van der Waals surface area contributed by atoms with Crippen LogP contribution >= 0.6 is 15.9 Å². The van der Waals surface area contributed by atoms with E-state index in [2.05, 4.69) is 15.9 Å². The summed E-state index contributed by atoms with van der Waals surface area (Å²) in [7, 11) is 0. The van der Waals surface area contributed by atoms with Gasteiger partial charge in [-0.2, -0.15) is 0 Å². The summed E-state index contributed by atoms with van der Waals surface area (Å²) in [6.07, 6.45) is 1.20. The summed E-state index contributed by atoms with van der Waals surface area (Å²) in [4.78, 5) is 11.1. The number of carbonyl (C=O) groups is 1. The van der Waals surface area contributed by atoms with E-state index in [4.69, 9.17) is 4.74 Å². The van der Waals surface area contributed by atoms with Gasteiger partial charge in [0.15, 0.2) is 0 Å². The Kier molecular flexibility index (Phi) is 8.40. The van der Waals surface area contributed by atoms with Gasteiger partial charge < -0.3 is 4.74 Å². The van der Waals surface area contributed by atoms with Gasteiger partial charge in [0.25, 0.3) is 0 Å². The number of halogens is 1. The predicted octanol–water partition coefficient (Wildman–Crippen LogP) is 4.63. The van der Waals surface area contributed by atoms with Crippen molar-refractivity contribution in [1.82, 2.24) is 0 Å². The first-order valence-electron chi connectivity index (χ1n) is 6.62. The molecule has 0 aromatic heterocycles. The van der Waals surface area contributed by atoms with Crippen LogP contribution < -0.4 is 0 Å². The third-order valence-corrected chi connectivity index (χ3v) is 3.03. The Morgan fingerprint density at radius 3 is 1.95 bits per heavy atom. The monoisotopic (exact) mass is 334 g/mol. The second-order valence-corrected chi connectivity index (χ2v) is 5.00. The molecule has 2 aromatic carbocycles. The number of ether oxygens (including phenoxy) is 1. The number of benzene rings is 2. The minimum atomic E-state index is -0.129. The number of rotatable bonds is 4. The third kappa shape index (κ3) is 7.74. The zero-order valence-corrected chi connectivity index (χ0v) is 13.2. The standard InChI is InChI=1S/C11H13BrO2.C6H6/c1-2-14-11(13)8-5-9-3-6-10(12)7-4-9;1-2-4-6-5-3-1/h3-4,6-7H,2,5,8H2,1H3;1-6H. The second kappa shape index (κ2) is 10.2. The Morgan fingerprint density at radius 1 is 1.00 bits per heavy atom. The smallest absolute Gasteiger partial charge is 0.306 e. The van der Waals surface area contributed by atoms with Gasteiger partial charge in [-0.15, -0.1) is 0 Å². The molecule has 0 atom stereocenters. The maximum Gasteiger partial charge on any atom is 0.306 e. The van der Waals surface area contributed by atoms with Crippen molar-refractivity contribution in [2.24, 2.45) is 0 Å². The molecule has 0 unspecified atom stereocenters. The molecule has 106 valence electrons. The first-order chi connectivity index (χ1) is 9.72. The molecule has 0 saturated heterocycles. The second-order valence-electron chi connectivity index (χ2n) is 4.09. The summed E-state index contributed by atoms with van der Waals surface area (Å²) < 4.78 is 5.89. The van der Waals surface area contributed by atoms with Crippen molar-refractivity contribution < 1.29 is 9.53 Å². The molecule has 0 radical (unpaired) electrons. The molecule has 0 aliphatic heterocycles. The molecule has 0 aliphatic rings. The lowest BCUT2D eigenvalue weighted by Gasteiger charge is -2.01. The van der Waals surface area contributed by atoms with Crippen molar-refractivity contribution in [2.75, 3.05) is 6.61 Å². The van der Waals surface area contributed by atoms with E-state index in [-0.39, 0.29) is 5.97 Å². The van der Waals surface area contributed by atoms with Crippen molar-refractivity contribution in [3.05, 3.63) is 70.7 Å². The molecule has 20 heavy (non-hydrogen) atoms. The molecule has 0 aliphatic carbocycles. The lowest BCUT2D eigenvalue weighted by molar-refractivity contribution is -0.143. The van der Waals surface area contributed by atoms with Crippen LogP contribution in [0.2, 0.25) is 0 Å². The van der Waals surface area contributed by atoms with E-state index in [9.17, 15) is 4.79 Å². The molecular formula is C17H19BrO2. The van der Waals surface area contributed by atoms with Gasteiger partial charge >= 0.3 is 5.97 Å². The van der Waals surface area contributed by atoms with Crippen molar-refractivity contribution >= 4 is 21.9 Å². The van der Waals surface area contributed by atoms with Crippen LogP contribution in [-0.4, -0.2) is 12.6 Å². The van der Waals surface area contributed by atoms with Gasteiger partial charge in [-0.25, -0.2) is 0 Å². The van der Waals surface area contributed by atoms with Crippen LogP contribution in [0.3, 0.4) is 0 Å². The molecule has 0 heterocycles. The molecule has 2 nitrogen and oxygen atoms in total. The number of hydrogen-bond acceptors (Lipinski definition) is 2. The van der Waals surface area contributed by atoms with E-state index < -0.39 is 0 Å². The van der Waals surface area contributed by atoms with Gasteiger partial charge in [0.1, 0.15) is 0 Å². The molecule has 2 rings (SSSR count). The Balaban J connectivity index is 0.000000276. The van der Waals surface area contributed by atoms with Gasteiger partial charge in [-0.05, 0) is 31.0 Å². The number of hydrogen-bond donors (Lipinski definition) is 0. The average molecular weight is 335 g/mol. The van der Waals surface area contributed by atoms with Gasteiger partial charge in [0, 0.05) is 10.9 Å². The molecule has 0 saturated carbocycles. The van der Waals surface area contributed by atoms with Crippen LogP contribution in [-0.2, 0) is 16.0 Å². The quantitative estimate of drug-likeness (QED) is 0.762. The van der Waals surface area contributed by atoms with Crippen LogP contribution in [0.15, 0.2) is 65.1 Å². The highest BCUT2D eigenvalue weighted by molar-refractivity contribution is 9.10. The molecule has 0 amide bonds.